The van der Waals surface area contributed by atoms with Gasteiger partial charge in [0.05, 0.1) is 5.02 Å². The summed E-state index contributed by atoms with van der Waals surface area (Å²) in [5.41, 5.74) is 0.604. The fourth-order valence-electron chi connectivity index (χ4n) is 1.79. The zero-order valence-electron chi connectivity index (χ0n) is 10.8. The molecular weight excluding hydrogens is 299 g/mol. The lowest BCUT2D eigenvalue weighted by Gasteiger charge is -2.09. The molecule has 0 N–H and O–H groups in total. The lowest BCUT2D eigenvalue weighted by Crippen LogP contribution is -2.13. The van der Waals surface area contributed by atoms with Crippen molar-refractivity contribution >= 4 is 40.1 Å². The van der Waals surface area contributed by atoms with Crippen LogP contribution in [-0.4, -0.2) is 29.0 Å². The first kappa shape index (κ1) is 13.1. The van der Waals surface area contributed by atoms with E-state index in [9.17, 15) is 0 Å². The van der Waals surface area contributed by atoms with Gasteiger partial charge < -0.3 is 9.32 Å². The second kappa shape index (κ2) is 4.92. The molecule has 2 aromatic heterocycles. The van der Waals surface area contributed by atoms with Crippen molar-refractivity contribution in [1.82, 2.24) is 15.0 Å². The Kier molecular flexibility index (Phi) is 3.23. The van der Waals surface area contributed by atoms with Gasteiger partial charge in [-0.3, -0.25) is 0 Å². The second-order valence-corrected chi connectivity index (χ2v) is 5.14. The number of hydrogen-bond donors (Lipinski definition) is 0. The van der Waals surface area contributed by atoms with E-state index in [-0.39, 0.29) is 5.28 Å². The van der Waals surface area contributed by atoms with Gasteiger partial charge in [0.1, 0.15) is 0 Å². The largest absolute Gasteiger partial charge is 0.451 e. The quantitative estimate of drug-likeness (QED) is 0.723. The molecule has 2 heterocycles. The molecule has 0 radical (unpaired) electrons. The molecule has 7 heteroatoms. The maximum Gasteiger partial charge on any atom is 0.229 e. The van der Waals surface area contributed by atoms with Gasteiger partial charge in [-0.05, 0) is 23.7 Å². The molecule has 20 heavy (non-hydrogen) atoms. The Hall–Kier alpha value is -1.85. The summed E-state index contributed by atoms with van der Waals surface area (Å²) in [6.45, 7) is 0. The number of nitrogens with zero attached hydrogens (tertiary/aromatic N) is 4. The van der Waals surface area contributed by atoms with E-state index >= 15 is 0 Å². The summed E-state index contributed by atoms with van der Waals surface area (Å²) in [6.07, 6.45) is 0. The smallest absolute Gasteiger partial charge is 0.229 e. The van der Waals surface area contributed by atoms with Crippen LogP contribution in [0.5, 0.6) is 0 Å². The third-order valence-corrected chi connectivity index (χ3v) is 3.18. The average Bonchev–Trinajstić information content (AvgIpc) is 2.83. The highest BCUT2D eigenvalue weighted by Crippen LogP contribution is 2.31. The molecule has 1 aromatic carbocycles. The van der Waals surface area contributed by atoms with Gasteiger partial charge in [-0.2, -0.15) is 15.0 Å². The number of hydrogen-bond acceptors (Lipinski definition) is 5. The minimum atomic E-state index is 0.116. The van der Waals surface area contributed by atoms with Gasteiger partial charge >= 0.3 is 0 Å². The van der Waals surface area contributed by atoms with Gasteiger partial charge in [-0.25, -0.2) is 0 Å². The molecule has 0 aliphatic carbocycles. The Morgan fingerprint density at radius 1 is 1.10 bits per heavy atom. The molecule has 0 unspecified atom stereocenters. The van der Waals surface area contributed by atoms with Gasteiger partial charge in [0, 0.05) is 19.5 Å². The van der Waals surface area contributed by atoms with E-state index in [0.717, 1.165) is 5.39 Å². The van der Waals surface area contributed by atoms with E-state index in [1.54, 1.807) is 11.0 Å². The van der Waals surface area contributed by atoms with Crippen LogP contribution in [0, 0.1) is 0 Å². The van der Waals surface area contributed by atoms with Crippen molar-refractivity contribution in [3.63, 3.8) is 0 Å². The van der Waals surface area contributed by atoms with Crippen LogP contribution in [0.3, 0.4) is 0 Å². The molecule has 0 saturated carbocycles. The van der Waals surface area contributed by atoms with E-state index in [1.165, 1.54) is 0 Å². The highest BCUT2D eigenvalue weighted by Gasteiger charge is 2.14. The summed E-state index contributed by atoms with van der Waals surface area (Å²) in [7, 11) is 3.65. The van der Waals surface area contributed by atoms with Gasteiger partial charge in [-0.1, -0.05) is 23.7 Å². The number of halogens is 2. The zero-order valence-corrected chi connectivity index (χ0v) is 12.3. The summed E-state index contributed by atoms with van der Waals surface area (Å²) in [5.74, 6) is 1.34. The highest BCUT2D eigenvalue weighted by molar-refractivity contribution is 6.34. The normalized spacial score (nSPS) is 11.0. The predicted octanol–water partition coefficient (Wildman–Crippen LogP) is 3.66. The Bertz CT molecular complexity index is 785. The first-order chi connectivity index (χ1) is 9.54. The van der Waals surface area contributed by atoms with Crippen molar-refractivity contribution in [1.29, 1.82) is 0 Å². The Morgan fingerprint density at radius 2 is 1.90 bits per heavy atom. The van der Waals surface area contributed by atoms with Crippen LogP contribution in [0.25, 0.3) is 22.6 Å². The lowest BCUT2D eigenvalue weighted by molar-refractivity contribution is 0.624. The van der Waals surface area contributed by atoms with Crippen LogP contribution in [0.2, 0.25) is 10.3 Å². The lowest BCUT2D eigenvalue weighted by atomic mass is 10.2. The monoisotopic (exact) mass is 308 g/mol. The van der Waals surface area contributed by atoms with Crippen molar-refractivity contribution in [2.24, 2.45) is 0 Å². The molecule has 3 rings (SSSR count). The Labute approximate surface area is 125 Å². The molecule has 5 nitrogen and oxygen atoms in total. The third kappa shape index (κ3) is 2.30. The summed E-state index contributed by atoms with van der Waals surface area (Å²) in [6, 6.07) is 7.36. The maximum absolute atomic E-state index is 6.09. The van der Waals surface area contributed by atoms with Crippen LogP contribution >= 0.6 is 23.2 Å². The molecule has 102 valence electrons. The van der Waals surface area contributed by atoms with E-state index in [1.807, 2.05) is 32.3 Å². The third-order valence-electron chi connectivity index (χ3n) is 2.71. The number of rotatable bonds is 2. The maximum atomic E-state index is 6.09. The second-order valence-electron chi connectivity index (χ2n) is 4.39. The molecule has 3 aromatic rings. The highest BCUT2D eigenvalue weighted by atomic mass is 35.5. The van der Waals surface area contributed by atoms with E-state index in [4.69, 9.17) is 27.6 Å². The minimum Gasteiger partial charge on any atom is -0.451 e. The van der Waals surface area contributed by atoms with Crippen LogP contribution in [0.4, 0.5) is 5.95 Å². The van der Waals surface area contributed by atoms with Gasteiger partial charge in [-0.15, -0.1) is 0 Å². The standard InChI is InChI=1S/C13H10Cl2N4O/c1-19(2)13-17-11(16-12(15)18-13)9-6-7-4-3-5-8(14)10(7)20-9/h3-6H,1-2H3. The molecular formula is C13H10Cl2N4O. The van der Waals surface area contributed by atoms with Crippen molar-refractivity contribution < 1.29 is 4.42 Å². The van der Waals surface area contributed by atoms with E-state index < -0.39 is 0 Å². The summed E-state index contributed by atoms with van der Waals surface area (Å²) in [5, 5.41) is 1.54. The fourth-order valence-corrected chi connectivity index (χ4v) is 2.16. The van der Waals surface area contributed by atoms with Gasteiger partial charge in [0.2, 0.25) is 17.1 Å². The summed E-state index contributed by atoms with van der Waals surface area (Å²) >= 11 is 12.0. The molecule has 0 aliphatic heterocycles. The molecule has 0 spiro atoms. The van der Waals surface area contributed by atoms with Crippen molar-refractivity contribution in [2.75, 3.05) is 19.0 Å². The number of anilines is 1. The summed E-state index contributed by atoms with van der Waals surface area (Å²) in [4.78, 5) is 14.2. The topological polar surface area (TPSA) is 55.1 Å². The Balaban J connectivity index is 2.17. The van der Waals surface area contributed by atoms with Crippen molar-refractivity contribution in [3.05, 3.63) is 34.6 Å². The van der Waals surface area contributed by atoms with Crippen LogP contribution in [-0.2, 0) is 0 Å². The zero-order chi connectivity index (χ0) is 14.3. The van der Waals surface area contributed by atoms with E-state index in [2.05, 4.69) is 15.0 Å². The number of benzene rings is 1. The first-order valence-corrected chi connectivity index (χ1v) is 6.57. The average molecular weight is 309 g/mol. The molecule has 0 atom stereocenters. The number of para-hydroxylation sites is 1. The van der Waals surface area contributed by atoms with Crippen LogP contribution < -0.4 is 4.90 Å². The van der Waals surface area contributed by atoms with E-state index in [0.29, 0.717) is 28.1 Å². The summed E-state index contributed by atoms with van der Waals surface area (Å²) < 4.78 is 5.71. The minimum absolute atomic E-state index is 0.116. The predicted molar refractivity (Wildman–Crippen MR) is 79.4 cm³/mol. The van der Waals surface area contributed by atoms with Gasteiger partial charge in [0.15, 0.2) is 11.3 Å². The van der Waals surface area contributed by atoms with Crippen LogP contribution in [0.15, 0.2) is 28.7 Å². The SMILES string of the molecule is CN(C)c1nc(Cl)nc(-c2cc3cccc(Cl)c3o2)n1. The number of furan rings is 1. The Morgan fingerprint density at radius 3 is 2.60 bits per heavy atom. The van der Waals surface area contributed by atoms with Crippen molar-refractivity contribution in [2.45, 2.75) is 0 Å². The molecule has 0 saturated heterocycles. The fraction of sp³-hybridized carbons (Fsp3) is 0.154. The molecule has 0 fully saturated rings. The first-order valence-electron chi connectivity index (χ1n) is 5.82. The van der Waals surface area contributed by atoms with Gasteiger partial charge in [0.25, 0.3) is 0 Å². The number of fused-ring (bicyclic) bond motifs is 1. The molecule has 0 aliphatic rings. The van der Waals surface area contributed by atoms with Crippen molar-refractivity contribution in [3.8, 4) is 11.6 Å². The molecule has 0 bridgehead atoms. The van der Waals surface area contributed by atoms with Crippen LogP contribution in [0.1, 0.15) is 0 Å². The number of aromatic nitrogens is 3. The molecule has 0 amide bonds.